The Bertz CT molecular complexity index is 1330. The lowest BCUT2D eigenvalue weighted by molar-refractivity contribution is -0.122. The lowest BCUT2D eigenvalue weighted by Crippen LogP contribution is -2.34. The van der Waals surface area contributed by atoms with Gasteiger partial charge >= 0.3 is 0 Å². The molecule has 164 valence electrons. The van der Waals surface area contributed by atoms with Crippen molar-refractivity contribution in [3.63, 3.8) is 0 Å². The van der Waals surface area contributed by atoms with Crippen LogP contribution in [0.1, 0.15) is 11.4 Å². The molecular formula is C23H23N5O4. The Morgan fingerprint density at radius 1 is 1.03 bits per heavy atom. The molecule has 9 heteroatoms. The van der Waals surface area contributed by atoms with E-state index in [1.807, 2.05) is 42.5 Å². The minimum Gasteiger partial charge on any atom is -0.493 e. The zero-order valence-electron chi connectivity index (χ0n) is 18.0. The Morgan fingerprint density at radius 3 is 2.53 bits per heavy atom. The van der Waals surface area contributed by atoms with Gasteiger partial charge in [0.05, 0.1) is 19.9 Å². The van der Waals surface area contributed by atoms with Crippen LogP contribution in [0.4, 0.5) is 0 Å². The highest BCUT2D eigenvalue weighted by Gasteiger charge is 2.15. The van der Waals surface area contributed by atoms with Crippen LogP contribution in [0, 0.1) is 6.92 Å². The number of amides is 1. The van der Waals surface area contributed by atoms with Gasteiger partial charge in [-0.05, 0) is 19.1 Å². The molecule has 9 nitrogen and oxygen atoms in total. The molecule has 0 saturated heterocycles. The maximum absolute atomic E-state index is 12.9. The van der Waals surface area contributed by atoms with Crippen molar-refractivity contribution in [3.05, 3.63) is 76.3 Å². The van der Waals surface area contributed by atoms with Gasteiger partial charge in [-0.15, -0.1) is 0 Å². The molecule has 0 saturated carbocycles. The minimum absolute atomic E-state index is 0.214. The molecule has 0 spiro atoms. The first kappa shape index (κ1) is 21.1. The maximum atomic E-state index is 12.9. The average Bonchev–Trinajstić information content (AvgIpc) is 3.28. The molecule has 0 bridgehead atoms. The molecule has 4 rings (SSSR count). The fourth-order valence-electron chi connectivity index (χ4n) is 3.51. The van der Waals surface area contributed by atoms with Crippen LogP contribution in [0.15, 0.2) is 59.4 Å². The third-order valence-electron chi connectivity index (χ3n) is 5.06. The van der Waals surface area contributed by atoms with E-state index in [0.29, 0.717) is 28.5 Å². The highest BCUT2D eigenvalue weighted by molar-refractivity contribution is 5.76. The molecule has 0 aliphatic rings. The molecule has 2 heterocycles. The Labute approximate surface area is 184 Å². The topological polar surface area (TPSA) is 99.8 Å². The molecule has 0 aliphatic heterocycles. The quantitative estimate of drug-likeness (QED) is 0.480. The number of hydrogen-bond acceptors (Lipinski definition) is 6. The number of para-hydroxylation sites is 1. The van der Waals surface area contributed by atoms with Crippen molar-refractivity contribution < 1.29 is 14.3 Å². The molecule has 4 aromatic rings. The molecule has 0 atom stereocenters. The Morgan fingerprint density at radius 2 is 1.81 bits per heavy atom. The van der Waals surface area contributed by atoms with Crippen molar-refractivity contribution >= 4 is 11.4 Å². The third-order valence-corrected chi connectivity index (χ3v) is 5.06. The second-order valence-electron chi connectivity index (χ2n) is 7.13. The normalized spacial score (nSPS) is 10.8. The highest BCUT2D eigenvalue weighted by Crippen LogP contribution is 2.30. The van der Waals surface area contributed by atoms with Gasteiger partial charge in [0.25, 0.3) is 5.56 Å². The first-order valence-electron chi connectivity index (χ1n) is 10.0. The molecule has 1 N–H and O–H groups in total. The van der Waals surface area contributed by atoms with E-state index < -0.39 is 0 Å². The van der Waals surface area contributed by atoms with Crippen molar-refractivity contribution in [1.82, 2.24) is 24.7 Å². The van der Waals surface area contributed by atoms with Gasteiger partial charge in [-0.2, -0.15) is 10.2 Å². The zero-order valence-corrected chi connectivity index (χ0v) is 18.0. The summed E-state index contributed by atoms with van der Waals surface area (Å²) >= 11 is 0. The summed E-state index contributed by atoms with van der Waals surface area (Å²) < 4.78 is 13.3. The number of carbonyl (C=O) groups excluding carboxylic acids is 1. The summed E-state index contributed by atoms with van der Waals surface area (Å²) in [4.78, 5) is 25.5. The monoisotopic (exact) mass is 433 g/mol. The first-order chi connectivity index (χ1) is 15.5. The van der Waals surface area contributed by atoms with Crippen molar-refractivity contribution in [2.75, 3.05) is 14.2 Å². The van der Waals surface area contributed by atoms with E-state index in [2.05, 4.69) is 15.5 Å². The molecule has 2 aromatic carbocycles. The number of aromatic nitrogens is 4. The van der Waals surface area contributed by atoms with Crippen LogP contribution < -0.4 is 20.3 Å². The van der Waals surface area contributed by atoms with Gasteiger partial charge in [-0.25, -0.2) is 9.20 Å². The van der Waals surface area contributed by atoms with Crippen LogP contribution in [-0.4, -0.2) is 39.5 Å². The molecule has 0 unspecified atom stereocenters. The molecular weight excluding hydrogens is 410 g/mol. The van der Waals surface area contributed by atoms with Crippen LogP contribution in [0.3, 0.4) is 0 Å². The predicted octanol–water partition coefficient (Wildman–Crippen LogP) is 2.20. The van der Waals surface area contributed by atoms with Gasteiger partial charge < -0.3 is 14.8 Å². The number of fused-ring (bicyclic) bond motifs is 1. The van der Waals surface area contributed by atoms with Gasteiger partial charge in [0, 0.05) is 17.7 Å². The summed E-state index contributed by atoms with van der Waals surface area (Å²) in [6, 6.07) is 16.7. The van der Waals surface area contributed by atoms with Gasteiger partial charge in [-0.3, -0.25) is 9.59 Å². The molecule has 1 amide bonds. The third kappa shape index (κ3) is 4.04. The SMILES string of the molecule is COc1cccc(CNC(=O)Cn2nc(C)n3nc(-c4ccccc4)cc3c2=O)c1OC. The zero-order chi connectivity index (χ0) is 22.7. The van der Waals surface area contributed by atoms with E-state index in [1.165, 1.54) is 4.52 Å². The van der Waals surface area contributed by atoms with Crippen LogP contribution in [0.25, 0.3) is 16.8 Å². The molecule has 2 aromatic heterocycles. The van der Waals surface area contributed by atoms with Gasteiger partial charge in [-0.1, -0.05) is 42.5 Å². The lowest BCUT2D eigenvalue weighted by atomic mass is 10.1. The summed E-state index contributed by atoms with van der Waals surface area (Å²) in [5, 5.41) is 11.6. The molecule has 0 fully saturated rings. The van der Waals surface area contributed by atoms with Crippen molar-refractivity contribution in [2.45, 2.75) is 20.0 Å². The lowest BCUT2D eigenvalue weighted by Gasteiger charge is -2.13. The summed E-state index contributed by atoms with van der Waals surface area (Å²) in [6.45, 7) is 1.75. The fraction of sp³-hybridized carbons (Fsp3) is 0.217. The van der Waals surface area contributed by atoms with Gasteiger partial charge in [0.1, 0.15) is 17.9 Å². The second kappa shape index (κ2) is 8.93. The number of ether oxygens (including phenoxy) is 2. The van der Waals surface area contributed by atoms with Crippen molar-refractivity contribution in [3.8, 4) is 22.8 Å². The number of rotatable bonds is 7. The summed E-state index contributed by atoms with van der Waals surface area (Å²) in [7, 11) is 3.09. The summed E-state index contributed by atoms with van der Waals surface area (Å²) in [5.74, 6) is 1.28. The van der Waals surface area contributed by atoms with Crippen LogP contribution in [0.2, 0.25) is 0 Å². The number of nitrogens with zero attached hydrogens (tertiary/aromatic N) is 4. The Kier molecular flexibility index (Phi) is 5.89. The molecule has 32 heavy (non-hydrogen) atoms. The van der Waals surface area contributed by atoms with Gasteiger partial charge in [0.15, 0.2) is 11.5 Å². The van der Waals surface area contributed by atoms with E-state index in [1.54, 1.807) is 33.3 Å². The molecule has 0 radical (unpaired) electrons. The van der Waals surface area contributed by atoms with E-state index in [0.717, 1.165) is 15.8 Å². The summed E-state index contributed by atoms with van der Waals surface area (Å²) in [5.41, 5.74) is 2.29. The Hall–Kier alpha value is -4.14. The van der Waals surface area contributed by atoms with Crippen molar-refractivity contribution in [2.24, 2.45) is 0 Å². The molecule has 0 aliphatic carbocycles. The first-order valence-corrected chi connectivity index (χ1v) is 10.0. The van der Waals surface area contributed by atoms with Crippen LogP contribution in [-0.2, 0) is 17.9 Å². The maximum Gasteiger partial charge on any atom is 0.293 e. The van der Waals surface area contributed by atoms with E-state index in [4.69, 9.17) is 9.47 Å². The van der Waals surface area contributed by atoms with E-state index in [9.17, 15) is 9.59 Å². The standard InChI is InChI=1S/C23H23N5O4/c1-15-25-27(14-21(29)24-13-17-10-7-11-20(31-2)22(17)32-3)23(30)19-12-18(26-28(15)19)16-8-5-4-6-9-16/h4-12H,13-14H2,1-3H3,(H,24,29). The number of methoxy groups -OCH3 is 2. The smallest absolute Gasteiger partial charge is 0.293 e. The minimum atomic E-state index is -0.389. The predicted molar refractivity (Wildman–Crippen MR) is 119 cm³/mol. The van der Waals surface area contributed by atoms with E-state index >= 15 is 0 Å². The number of benzene rings is 2. The second-order valence-corrected chi connectivity index (χ2v) is 7.13. The largest absolute Gasteiger partial charge is 0.493 e. The van der Waals surface area contributed by atoms with Crippen molar-refractivity contribution in [1.29, 1.82) is 0 Å². The van der Waals surface area contributed by atoms with E-state index in [-0.39, 0.29) is 24.6 Å². The Balaban J connectivity index is 1.55. The van der Waals surface area contributed by atoms with Gasteiger partial charge in [0.2, 0.25) is 5.91 Å². The number of nitrogens with one attached hydrogen (secondary N) is 1. The number of hydrogen-bond donors (Lipinski definition) is 1. The van der Waals surface area contributed by atoms with Crippen LogP contribution in [0.5, 0.6) is 11.5 Å². The average molecular weight is 433 g/mol. The van der Waals surface area contributed by atoms with Crippen LogP contribution >= 0.6 is 0 Å². The number of aryl methyl sites for hydroxylation is 1. The number of carbonyl (C=O) groups is 1. The fourth-order valence-corrected chi connectivity index (χ4v) is 3.51. The highest BCUT2D eigenvalue weighted by atomic mass is 16.5. The summed E-state index contributed by atoms with van der Waals surface area (Å²) in [6.07, 6.45) is 0.